The lowest BCUT2D eigenvalue weighted by molar-refractivity contribution is 0.103. The molecule has 0 fully saturated rings. The van der Waals surface area contributed by atoms with Crippen molar-refractivity contribution in [3.63, 3.8) is 0 Å². The van der Waals surface area contributed by atoms with Crippen molar-refractivity contribution in [2.75, 3.05) is 0 Å². The van der Waals surface area contributed by atoms with Gasteiger partial charge in [0.2, 0.25) is 5.78 Å². The molecule has 1 N–H and O–H groups in total. The molecule has 0 atom stereocenters. The Kier molecular flexibility index (Phi) is 3.03. The Bertz CT molecular complexity index is 609. The lowest BCUT2D eigenvalue weighted by atomic mass is 10.0. The SMILES string of the molecule is Cc1[nH]c(C(=O)c2cc(F)cc(F)c2)c(C)c1C. The average molecular weight is 249 g/mol. The zero-order valence-corrected chi connectivity index (χ0v) is 10.4. The van der Waals surface area contributed by atoms with E-state index >= 15 is 0 Å². The number of halogens is 2. The van der Waals surface area contributed by atoms with Crippen molar-refractivity contribution in [3.05, 3.63) is 57.9 Å². The van der Waals surface area contributed by atoms with E-state index in [0.717, 1.165) is 35.0 Å². The van der Waals surface area contributed by atoms with E-state index in [1.807, 2.05) is 20.8 Å². The number of carbonyl (C=O) groups is 1. The first-order valence-corrected chi connectivity index (χ1v) is 5.56. The molecule has 94 valence electrons. The predicted molar refractivity (Wildman–Crippen MR) is 64.8 cm³/mol. The van der Waals surface area contributed by atoms with Crippen molar-refractivity contribution in [2.24, 2.45) is 0 Å². The number of nitrogens with one attached hydrogen (secondary N) is 1. The number of hydrogen-bond acceptors (Lipinski definition) is 1. The minimum absolute atomic E-state index is 0.0110. The second kappa shape index (κ2) is 4.37. The highest BCUT2D eigenvalue weighted by Gasteiger charge is 2.18. The molecule has 1 heterocycles. The summed E-state index contributed by atoms with van der Waals surface area (Å²) in [7, 11) is 0. The van der Waals surface area contributed by atoms with Gasteiger partial charge in [-0.3, -0.25) is 4.79 Å². The quantitative estimate of drug-likeness (QED) is 0.812. The average Bonchev–Trinajstić information content (AvgIpc) is 2.55. The van der Waals surface area contributed by atoms with Gasteiger partial charge in [0.1, 0.15) is 11.6 Å². The lowest BCUT2D eigenvalue weighted by Gasteiger charge is -2.01. The van der Waals surface area contributed by atoms with E-state index < -0.39 is 17.4 Å². The number of H-pyrrole nitrogens is 1. The van der Waals surface area contributed by atoms with Gasteiger partial charge < -0.3 is 4.98 Å². The summed E-state index contributed by atoms with van der Waals surface area (Å²) in [6.07, 6.45) is 0. The second-order valence-corrected chi connectivity index (χ2v) is 4.36. The van der Waals surface area contributed by atoms with Crippen LogP contribution < -0.4 is 0 Å². The summed E-state index contributed by atoms with van der Waals surface area (Å²) in [6, 6.07) is 2.82. The van der Waals surface area contributed by atoms with Gasteiger partial charge in [0.25, 0.3) is 0 Å². The van der Waals surface area contributed by atoms with Crippen molar-refractivity contribution in [1.82, 2.24) is 4.98 Å². The minimum atomic E-state index is -0.754. The number of aryl methyl sites for hydroxylation is 1. The molecule has 18 heavy (non-hydrogen) atoms. The van der Waals surface area contributed by atoms with Crippen LogP contribution in [0.3, 0.4) is 0 Å². The molecule has 1 aromatic heterocycles. The monoisotopic (exact) mass is 249 g/mol. The van der Waals surface area contributed by atoms with Gasteiger partial charge in [-0.15, -0.1) is 0 Å². The molecule has 2 nitrogen and oxygen atoms in total. The molecular formula is C14H13F2NO. The fourth-order valence-electron chi connectivity index (χ4n) is 1.90. The van der Waals surface area contributed by atoms with E-state index in [9.17, 15) is 13.6 Å². The standard InChI is InChI=1S/C14H13F2NO/c1-7-8(2)13(17-9(7)3)14(18)10-4-11(15)6-12(16)5-10/h4-6,17H,1-3H3. The normalized spacial score (nSPS) is 10.7. The van der Waals surface area contributed by atoms with Crippen molar-refractivity contribution >= 4 is 5.78 Å². The maximum absolute atomic E-state index is 13.1. The Morgan fingerprint density at radius 3 is 2.00 bits per heavy atom. The Balaban J connectivity index is 2.51. The van der Waals surface area contributed by atoms with Gasteiger partial charge in [0, 0.05) is 17.3 Å². The molecule has 4 heteroatoms. The van der Waals surface area contributed by atoms with Crippen molar-refractivity contribution in [1.29, 1.82) is 0 Å². The smallest absolute Gasteiger partial charge is 0.209 e. The van der Waals surface area contributed by atoms with Gasteiger partial charge >= 0.3 is 0 Å². The molecule has 0 aliphatic heterocycles. The van der Waals surface area contributed by atoms with Crippen LogP contribution in [0.1, 0.15) is 32.9 Å². The molecule has 0 saturated carbocycles. The Hall–Kier alpha value is -1.97. The maximum Gasteiger partial charge on any atom is 0.209 e. The van der Waals surface area contributed by atoms with Gasteiger partial charge in [0.05, 0.1) is 5.69 Å². The molecule has 0 unspecified atom stereocenters. The zero-order valence-electron chi connectivity index (χ0n) is 10.4. The van der Waals surface area contributed by atoms with Gasteiger partial charge in [-0.1, -0.05) is 0 Å². The summed E-state index contributed by atoms with van der Waals surface area (Å²) in [4.78, 5) is 15.1. The number of aromatic amines is 1. The van der Waals surface area contributed by atoms with Crippen molar-refractivity contribution < 1.29 is 13.6 Å². The van der Waals surface area contributed by atoms with E-state index in [-0.39, 0.29) is 5.56 Å². The van der Waals surface area contributed by atoms with Gasteiger partial charge in [-0.05, 0) is 44.0 Å². The molecule has 0 radical (unpaired) electrons. The Labute approximate surface area is 104 Å². The molecular weight excluding hydrogens is 236 g/mol. The number of benzene rings is 1. The molecule has 0 spiro atoms. The first-order chi connectivity index (χ1) is 8.40. The van der Waals surface area contributed by atoms with Crippen LogP contribution >= 0.6 is 0 Å². The molecule has 0 aliphatic carbocycles. The summed E-state index contributed by atoms with van der Waals surface area (Å²) in [6.45, 7) is 5.55. The molecule has 2 aromatic rings. The number of aromatic nitrogens is 1. The highest BCUT2D eigenvalue weighted by atomic mass is 19.1. The highest BCUT2D eigenvalue weighted by molar-refractivity contribution is 6.09. The summed E-state index contributed by atoms with van der Waals surface area (Å²) < 4.78 is 26.2. The summed E-state index contributed by atoms with van der Waals surface area (Å²) in [5.41, 5.74) is 3.07. The Morgan fingerprint density at radius 1 is 1.00 bits per heavy atom. The third-order valence-corrected chi connectivity index (χ3v) is 3.16. The largest absolute Gasteiger partial charge is 0.356 e. The minimum Gasteiger partial charge on any atom is -0.356 e. The van der Waals surface area contributed by atoms with Gasteiger partial charge in [-0.2, -0.15) is 0 Å². The number of ketones is 1. The van der Waals surface area contributed by atoms with Crippen LogP contribution in [0.15, 0.2) is 18.2 Å². The van der Waals surface area contributed by atoms with Crippen molar-refractivity contribution in [2.45, 2.75) is 20.8 Å². The van der Waals surface area contributed by atoms with Gasteiger partial charge in [0.15, 0.2) is 0 Å². The maximum atomic E-state index is 13.1. The summed E-state index contributed by atoms with van der Waals surface area (Å²) >= 11 is 0. The fourth-order valence-corrected chi connectivity index (χ4v) is 1.90. The number of hydrogen-bond donors (Lipinski definition) is 1. The summed E-state index contributed by atoms with van der Waals surface area (Å²) in [5, 5.41) is 0. The van der Waals surface area contributed by atoms with Crippen LogP contribution in [0.2, 0.25) is 0 Å². The number of rotatable bonds is 2. The van der Waals surface area contributed by atoms with Crippen LogP contribution in [0.4, 0.5) is 8.78 Å². The first kappa shape index (κ1) is 12.5. The fraction of sp³-hybridized carbons (Fsp3) is 0.214. The van der Waals surface area contributed by atoms with Crippen LogP contribution in [-0.4, -0.2) is 10.8 Å². The van der Waals surface area contributed by atoms with Gasteiger partial charge in [-0.25, -0.2) is 8.78 Å². The zero-order chi connectivity index (χ0) is 13.4. The number of carbonyl (C=O) groups excluding carboxylic acids is 1. The van der Waals surface area contributed by atoms with Crippen LogP contribution in [0.5, 0.6) is 0 Å². The second-order valence-electron chi connectivity index (χ2n) is 4.36. The van der Waals surface area contributed by atoms with Crippen LogP contribution in [0.25, 0.3) is 0 Å². The molecule has 0 bridgehead atoms. The molecule has 1 aromatic carbocycles. The van der Waals surface area contributed by atoms with E-state index in [0.29, 0.717) is 5.69 Å². The third kappa shape index (κ3) is 2.06. The van der Waals surface area contributed by atoms with E-state index in [4.69, 9.17) is 0 Å². The van der Waals surface area contributed by atoms with E-state index in [1.165, 1.54) is 0 Å². The van der Waals surface area contributed by atoms with E-state index in [1.54, 1.807) is 0 Å². The predicted octanol–water partition coefficient (Wildman–Crippen LogP) is 3.45. The molecule has 2 rings (SSSR count). The molecule has 0 saturated heterocycles. The first-order valence-electron chi connectivity index (χ1n) is 5.56. The van der Waals surface area contributed by atoms with Crippen molar-refractivity contribution in [3.8, 4) is 0 Å². The highest BCUT2D eigenvalue weighted by Crippen LogP contribution is 2.20. The molecule has 0 amide bonds. The Morgan fingerprint density at radius 2 is 1.56 bits per heavy atom. The van der Waals surface area contributed by atoms with Crippen LogP contribution in [0, 0.1) is 32.4 Å². The van der Waals surface area contributed by atoms with E-state index in [2.05, 4.69) is 4.98 Å². The van der Waals surface area contributed by atoms with Crippen LogP contribution in [-0.2, 0) is 0 Å². The summed E-state index contributed by atoms with van der Waals surface area (Å²) in [5.74, 6) is -1.91. The topological polar surface area (TPSA) is 32.9 Å². The lowest BCUT2D eigenvalue weighted by Crippen LogP contribution is -2.05. The molecule has 0 aliphatic rings. The third-order valence-electron chi connectivity index (χ3n) is 3.16.